The SMILES string of the molecule is CCOC(=O)CC(c1ccc(-c2ccccc2)c(F)c1)(c1ccc[nH]1)C(CCc1ccccc1)c1ccccc1. The second-order valence-corrected chi connectivity index (χ2v) is 10.1. The molecule has 0 amide bonds. The minimum Gasteiger partial charge on any atom is -0.466 e. The van der Waals surface area contributed by atoms with E-state index in [0.717, 1.165) is 35.2 Å². The summed E-state index contributed by atoms with van der Waals surface area (Å²) in [4.78, 5) is 16.8. The summed E-state index contributed by atoms with van der Waals surface area (Å²) < 4.78 is 21.5. The number of hydrogen-bond acceptors (Lipinski definition) is 2. The molecule has 0 saturated carbocycles. The van der Waals surface area contributed by atoms with Crippen LogP contribution in [0.5, 0.6) is 0 Å². The highest BCUT2D eigenvalue weighted by molar-refractivity contribution is 5.74. The third-order valence-electron chi connectivity index (χ3n) is 7.74. The van der Waals surface area contributed by atoms with E-state index < -0.39 is 5.41 Å². The lowest BCUT2D eigenvalue weighted by Gasteiger charge is -2.41. The third kappa shape index (κ3) is 5.76. The molecule has 0 bridgehead atoms. The van der Waals surface area contributed by atoms with Gasteiger partial charge in [-0.3, -0.25) is 4.79 Å². The van der Waals surface area contributed by atoms with E-state index in [-0.39, 0.29) is 30.7 Å². The molecule has 0 aliphatic rings. The molecule has 1 N–H and O–H groups in total. The Labute approximate surface area is 235 Å². The van der Waals surface area contributed by atoms with Crippen LogP contribution in [0.15, 0.2) is 128 Å². The number of hydrogen-bond donors (Lipinski definition) is 1. The Balaban J connectivity index is 1.71. The molecule has 40 heavy (non-hydrogen) atoms. The van der Waals surface area contributed by atoms with Crippen LogP contribution >= 0.6 is 0 Å². The van der Waals surface area contributed by atoms with E-state index in [4.69, 9.17) is 4.74 Å². The molecule has 0 radical (unpaired) electrons. The molecule has 0 aliphatic heterocycles. The van der Waals surface area contributed by atoms with Gasteiger partial charge in [0.15, 0.2) is 0 Å². The Morgan fingerprint density at radius 3 is 2.15 bits per heavy atom. The van der Waals surface area contributed by atoms with Crippen LogP contribution in [0, 0.1) is 5.82 Å². The smallest absolute Gasteiger partial charge is 0.307 e. The number of halogens is 1. The minimum absolute atomic E-state index is 0.0693. The summed E-state index contributed by atoms with van der Waals surface area (Å²) in [6.07, 6.45) is 3.48. The van der Waals surface area contributed by atoms with Gasteiger partial charge in [-0.1, -0.05) is 103 Å². The van der Waals surface area contributed by atoms with Gasteiger partial charge < -0.3 is 9.72 Å². The van der Waals surface area contributed by atoms with Crippen molar-refractivity contribution in [2.45, 2.75) is 37.5 Å². The zero-order chi connectivity index (χ0) is 27.8. The van der Waals surface area contributed by atoms with Crippen LogP contribution in [-0.4, -0.2) is 17.6 Å². The molecule has 3 nitrogen and oxygen atoms in total. The van der Waals surface area contributed by atoms with Gasteiger partial charge in [0.25, 0.3) is 0 Å². The molecule has 1 heterocycles. The Kier molecular flexibility index (Phi) is 8.56. The molecular formula is C36H34FNO2. The van der Waals surface area contributed by atoms with Crippen LogP contribution in [0.2, 0.25) is 0 Å². The van der Waals surface area contributed by atoms with E-state index in [1.165, 1.54) is 5.56 Å². The molecule has 5 rings (SSSR count). The summed E-state index contributed by atoms with van der Waals surface area (Å²) in [6.45, 7) is 2.09. The normalized spacial score (nSPS) is 13.3. The van der Waals surface area contributed by atoms with E-state index >= 15 is 4.39 Å². The average Bonchev–Trinajstić information content (AvgIpc) is 3.54. The van der Waals surface area contributed by atoms with Crippen LogP contribution in [0.1, 0.15) is 48.1 Å². The Hall–Kier alpha value is -4.44. The number of benzene rings is 4. The maximum Gasteiger partial charge on any atom is 0.307 e. The van der Waals surface area contributed by atoms with Gasteiger partial charge in [-0.2, -0.15) is 0 Å². The summed E-state index contributed by atoms with van der Waals surface area (Å²) in [6, 6.07) is 39.5. The van der Waals surface area contributed by atoms with Crippen molar-refractivity contribution in [3.05, 3.63) is 156 Å². The summed E-state index contributed by atoms with van der Waals surface area (Å²) >= 11 is 0. The largest absolute Gasteiger partial charge is 0.466 e. The number of rotatable bonds is 11. The second-order valence-electron chi connectivity index (χ2n) is 10.1. The summed E-state index contributed by atoms with van der Waals surface area (Å²) in [5, 5.41) is 0. The lowest BCUT2D eigenvalue weighted by molar-refractivity contribution is -0.144. The lowest BCUT2D eigenvalue weighted by atomic mass is 9.62. The first kappa shape index (κ1) is 27.1. The predicted octanol–water partition coefficient (Wildman–Crippen LogP) is 8.48. The minimum atomic E-state index is -0.901. The van der Waals surface area contributed by atoms with Gasteiger partial charge in [0.1, 0.15) is 5.82 Å². The lowest BCUT2D eigenvalue weighted by Crippen LogP contribution is -2.39. The highest BCUT2D eigenvalue weighted by atomic mass is 19.1. The van der Waals surface area contributed by atoms with Crippen LogP contribution < -0.4 is 0 Å². The van der Waals surface area contributed by atoms with Crippen molar-refractivity contribution < 1.29 is 13.9 Å². The number of H-pyrrole nitrogens is 1. The number of ether oxygens (including phenoxy) is 1. The van der Waals surface area contributed by atoms with E-state index in [2.05, 4.69) is 29.2 Å². The summed E-state index contributed by atoms with van der Waals surface area (Å²) in [5.41, 5.74) is 4.33. The fourth-order valence-electron chi connectivity index (χ4n) is 5.90. The molecule has 0 aliphatic carbocycles. The van der Waals surface area contributed by atoms with E-state index in [9.17, 15) is 4.79 Å². The maximum absolute atomic E-state index is 16.0. The summed E-state index contributed by atoms with van der Waals surface area (Å²) in [7, 11) is 0. The van der Waals surface area contributed by atoms with Crippen LogP contribution in [0.3, 0.4) is 0 Å². The van der Waals surface area contributed by atoms with Gasteiger partial charge in [-0.05, 0) is 66.1 Å². The zero-order valence-corrected chi connectivity index (χ0v) is 22.7. The Morgan fingerprint density at radius 1 is 0.850 bits per heavy atom. The number of aromatic nitrogens is 1. The molecule has 4 aromatic carbocycles. The average molecular weight is 532 g/mol. The third-order valence-corrected chi connectivity index (χ3v) is 7.74. The first-order valence-electron chi connectivity index (χ1n) is 13.9. The van der Waals surface area contributed by atoms with Crippen molar-refractivity contribution >= 4 is 5.97 Å². The van der Waals surface area contributed by atoms with E-state index in [0.29, 0.717) is 5.56 Å². The van der Waals surface area contributed by atoms with Gasteiger partial charge in [0, 0.05) is 17.5 Å². The van der Waals surface area contributed by atoms with Crippen molar-refractivity contribution in [2.75, 3.05) is 6.61 Å². The number of nitrogens with one attached hydrogen (secondary N) is 1. The molecular weight excluding hydrogens is 497 g/mol. The fourth-order valence-corrected chi connectivity index (χ4v) is 5.90. The first-order valence-corrected chi connectivity index (χ1v) is 13.9. The van der Waals surface area contributed by atoms with Crippen molar-refractivity contribution in [2.24, 2.45) is 0 Å². The van der Waals surface area contributed by atoms with Gasteiger partial charge in [0.2, 0.25) is 0 Å². The molecule has 4 heteroatoms. The summed E-state index contributed by atoms with van der Waals surface area (Å²) in [5.74, 6) is -0.789. The van der Waals surface area contributed by atoms with Crippen molar-refractivity contribution in [1.29, 1.82) is 0 Å². The molecule has 202 valence electrons. The monoisotopic (exact) mass is 531 g/mol. The number of aryl methyl sites for hydroxylation is 1. The van der Waals surface area contributed by atoms with Crippen LogP contribution in [0.25, 0.3) is 11.1 Å². The predicted molar refractivity (Wildman–Crippen MR) is 159 cm³/mol. The van der Waals surface area contributed by atoms with Gasteiger partial charge >= 0.3 is 5.97 Å². The van der Waals surface area contributed by atoms with Crippen molar-refractivity contribution in [3.63, 3.8) is 0 Å². The standard InChI is InChI=1S/C36H34FNO2/c1-2-40-35(39)26-36(34-19-12-24-38-34,30-21-22-31(33(37)25-30)28-15-8-4-9-16-28)32(29-17-10-5-11-18-29)23-20-27-13-6-3-7-14-27/h3-19,21-22,24-25,32,38H,2,20,23,26H2,1H3. The molecule has 0 spiro atoms. The molecule has 2 unspecified atom stereocenters. The van der Waals surface area contributed by atoms with Crippen molar-refractivity contribution in [3.8, 4) is 11.1 Å². The van der Waals surface area contributed by atoms with Gasteiger partial charge in [0.05, 0.1) is 18.4 Å². The van der Waals surface area contributed by atoms with Gasteiger partial charge in [-0.15, -0.1) is 0 Å². The number of carbonyl (C=O) groups excluding carboxylic acids is 1. The van der Waals surface area contributed by atoms with Crippen LogP contribution in [-0.2, 0) is 21.4 Å². The van der Waals surface area contributed by atoms with Gasteiger partial charge in [-0.25, -0.2) is 4.39 Å². The molecule has 0 saturated heterocycles. The highest BCUT2D eigenvalue weighted by Crippen LogP contribution is 2.50. The number of aromatic amines is 1. The number of esters is 1. The maximum atomic E-state index is 16.0. The molecule has 0 fully saturated rings. The quantitative estimate of drug-likeness (QED) is 0.174. The Bertz CT molecular complexity index is 1500. The molecule has 5 aromatic rings. The van der Waals surface area contributed by atoms with Crippen LogP contribution in [0.4, 0.5) is 4.39 Å². The molecule has 1 aromatic heterocycles. The van der Waals surface area contributed by atoms with E-state index in [1.54, 1.807) is 6.07 Å². The van der Waals surface area contributed by atoms with E-state index in [1.807, 2.05) is 104 Å². The first-order chi connectivity index (χ1) is 19.6. The Morgan fingerprint density at radius 2 is 1.52 bits per heavy atom. The molecule has 2 atom stereocenters. The fraction of sp³-hybridized carbons (Fsp3) is 0.194. The van der Waals surface area contributed by atoms with Crippen molar-refractivity contribution in [1.82, 2.24) is 4.98 Å². The highest BCUT2D eigenvalue weighted by Gasteiger charge is 2.46. The number of carbonyl (C=O) groups is 1. The topological polar surface area (TPSA) is 42.1 Å². The second kappa shape index (κ2) is 12.6. The zero-order valence-electron chi connectivity index (χ0n) is 22.7.